The molecular weight excluding hydrogens is 167 g/mol. The molecule has 0 atom stereocenters. The van der Waals surface area contributed by atoms with Gasteiger partial charge in [-0.25, -0.2) is 4.39 Å². The molecule has 0 aliphatic carbocycles. The highest BCUT2D eigenvalue weighted by atomic mass is 19.1. The average Bonchev–Trinajstić information content (AvgIpc) is 2.49. The molecule has 0 aliphatic rings. The van der Waals surface area contributed by atoms with E-state index in [1.165, 1.54) is 12.1 Å². The largest absolute Gasteiger partial charge is 0.334 e. The molecule has 1 heterocycles. The van der Waals surface area contributed by atoms with Crippen LogP contribution in [-0.2, 0) is 6.54 Å². The predicted octanol–water partition coefficient (Wildman–Crippen LogP) is 2.30. The summed E-state index contributed by atoms with van der Waals surface area (Å²) in [6, 6.07) is 8.39. The van der Waals surface area contributed by atoms with E-state index < -0.39 is 0 Å². The molecule has 64 valence electrons. The van der Waals surface area contributed by atoms with Crippen LogP contribution < -0.4 is 0 Å². The Balaban J connectivity index is 2.63. The van der Waals surface area contributed by atoms with E-state index >= 15 is 0 Å². The van der Waals surface area contributed by atoms with E-state index in [0.717, 1.165) is 10.9 Å². The first-order chi connectivity index (χ1) is 6.31. The summed E-state index contributed by atoms with van der Waals surface area (Å²) in [5.41, 5.74) is 0.892. The quantitative estimate of drug-likeness (QED) is 0.652. The van der Waals surface area contributed by atoms with Gasteiger partial charge < -0.3 is 4.57 Å². The molecule has 0 aliphatic heterocycles. The fourth-order valence-electron chi connectivity index (χ4n) is 1.39. The van der Waals surface area contributed by atoms with Crippen LogP contribution in [0, 0.1) is 17.1 Å². The minimum atomic E-state index is -0.248. The van der Waals surface area contributed by atoms with Gasteiger partial charge in [-0.1, -0.05) is 0 Å². The van der Waals surface area contributed by atoms with E-state index in [4.69, 9.17) is 5.26 Å². The maximum absolute atomic E-state index is 12.8. The molecule has 0 saturated carbocycles. The number of halogens is 1. The molecule has 13 heavy (non-hydrogen) atoms. The second kappa shape index (κ2) is 2.91. The van der Waals surface area contributed by atoms with Crippen molar-refractivity contribution in [1.29, 1.82) is 5.26 Å². The first-order valence-electron chi connectivity index (χ1n) is 3.92. The highest BCUT2D eigenvalue weighted by Crippen LogP contribution is 2.16. The molecule has 3 heteroatoms. The van der Waals surface area contributed by atoms with Crippen LogP contribution in [0.4, 0.5) is 4.39 Å². The van der Waals surface area contributed by atoms with Crippen LogP contribution in [0.5, 0.6) is 0 Å². The summed E-state index contributed by atoms with van der Waals surface area (Å²) in [5, 5.41) is 9.34. The summed E-state index contributed by atoms with van der Waals surface area (Å²) in [7, 11) is 0. The molecule has 0 bridgehead atoms. The molecule has 1 aromatic carbocycles. The van der Waals surface area contributed by atoms with Gasteiger partial charge >= 0.3 is 0 Å². The lowest BCUT2D eigenvalue weighted by Gasteiger charge is -1.97. The number of aromatic nitrogens is 1. The van der Waals surface area contributed by atoms with Gasteiger partial charge in [0.1, 0.15) is 12.4 Å². The van der Waals surface area contributed by atoms with Crippen LogP contribution >= 0.6 is 0 Å². The number of nitriles is 1. The lowest BCUT2D eigenvalue weighted by atomic mass is 10.2. The van der Waals surface area contributed by atoms with Gasteiger partial charge in [0.05, 0.1) is 6.07 Å². The summed E-state index contributed by atoms with van der Waals surface area (Å²) in [6.07, 6.45) is 1.79. The summed E-state index contributed by atoms with van der Waals surface area (Å²) >= 11 is 0. The highest BCUT2D eigenvalue weighted by molar-refractivity contribution is 5.80. The Morgan fingerprint density at radius 2 is 2.23 bits per heavy atom. The normalized spacial score (nSPS) is 10.2. The van der Waals surface area contributed by atoms with E-state index in [2.05, 4.69) is 0 Å². The van der Waals surface area contributed by atoms with Crippen molar-refractivity contribution in [3.05, 3.63) is 36.3 Å². The highest BCUT2D eigenvalue weighted by Gasteiger charge is 2.00. The Hall–Kier alpha value is -1.82. The van der Waals surface area contributed by atoms with Crippen LogP contribution in [0.25, 0.3) is 10.9 Å². The van der Waals surface area contributed by atoms with Crippen molar-refractivity contribution in [3.8, 4) is 6.07 Å². The molecule has 0 amide bonds. The molecule has 1 aromatic heterocycles. The van der Waals surface area contributed by atoms with E-state index in [-0.39, 0.29) is 5.82 Å². The van der Waals surface area contributed by atoms with Crippen LogP contribution in [0.1, 0.15) is 0 Å². The standard InChI is InChI=1S/C10H7FN2/c11-9-1-2-10-8(7-9)3-5-13(10)6-4-12/h1-3,5,7H,6H2. The monoisotopic (exact) mass is 174 g/mol. The van der Waals surface area contributed by atoms with Crippen molar-refractivity contribution >= 4 is 10.9 Å². The van der Waals surface area contributed by atoms with Gasteiger partial charge in [0.2, 0.25) is 0 Å². The Kier molecular flexibility index (Phi) is 1.75. The van der Waals surface area contributed by atoms with Gasteiger partial charge in [0.15, 0.2) is 0 Å². The Morgan fingerprint density at radius 1 is 1.38 bits per heavy atom. The van der Waals surface area contributed by atoms with Gasteiger partial charge in [-0.2, -0.15) is 5.26 Å². The van der Waals surface area contributed by atoms with Crippen molar-refractivity contribution in [1.82, 2.24) is 4.57 Å². The number of hydrogen-bond acceptors (Lipinski definition) is 1. The SMILES string of the molecule is N#CCn1ccc2cc(F)ccc21. The summed E-state index contributed by atoms with van der Waals surface area (Å²) in [5.74, 6) is -0.248. The van der Waals surface area contributed by atoms with Crippen LogP contribution in [-0.4, -0.2) is 4.57 Å². The van der Waals surface area contributed by atoms with Crippen LogP contribution in [0.2, 0.25) is 0 Å². The maximum atomic E-state index is 12.8. The lowest BCUT2D eigenvalue weighted by molar-refractivity contribution is 0.629. The van der Waals surface area contributed by atoms with Crippen molar-refractivity contribution in [2.45, 2.75) is 6.54 Å². The third kappa shape index (κ3) is 1.27. The fraction of sp³-hybridized carbons (Fsp3) is 0.100. The Labute approximate surface area is 74.8 Å². The van der Waals surface area contributed by atoms with E-state index in [1.807, 2.05) is 6.07 Å². The van der Waals surface area contributed by atoms with E-state index in [0.29, 0.717) is 6.54 Å². The van der Waals surface area contributed by atoms with Crippen molar-refractivity contribution in [2.24, 2.45) is 0 Å². The molecule has 2 aromatic rings. The maximum Gasteiger partial charge on any atom is 0.123 e. The Bertz CT molecular complexity index is 479. The summed E-state index contributed by atoms with van der Waals surface area (Å²) in [4.78, 5) is 0. The number of hydrogen-bond donors (Lipinski definition) is 0. The minimum Gasteiger partial charge on any atom is -0.334 e. The zero-order valence-corrected chi connectivity index (χ0v) is 6.87. The third-order valence-corrected chi connectivity index (χ3v) is 1.97. The number of benzene rings is 1. The molecule has 0 unspecified atom stereocenters. The van der Waals surface area contributed by atoms with Gasteiger partial charge in [-0.05, 0) is 24.3 Å². The van der Waals surface area contributed by atoms with E-state index in [9.17, 15) is 4.39 Å². The second-order valence-electron chi connectivity index (χ2n) is 2.80. The average molecular weight is 174 g/mol. The number of nitrogens with zero attached hydrogens (tertiary/aromatic N) is 2. The zero-order valence-electron chi connectivity index (χ0n) is 6.87. The second-order valence-corrected chi connectivity index (χ2v) is 2.80. The first-order valence-corrected chi connectivity index (χ1v) is 3.92. The molecule has 0 radical (unpaired) electrons. The lowest BCUT2D eigenvalue weighted by Crippen LogP contribution is -1.91. The van der Waals surface area contributed by atoms with Crippen LogP contribution in [0.15, 0.2) is 30.5 Å². The minimum absolute atomic E-state index is 0.248. The van der Waals surface area contributed by atoms with Crippen molar-refractivity contribution in [3.63, 3.8) is 0 Å². The summed E-state index contributed by atoms with van der Waals surface area (Å²) in [6.45, 7) is 0.301. The molecule has 0 fully saturated rings. The van der Waals surface area contributed by atoms with E-state index in [1.54, 1.807) is 22.9 Å². The third-order valence-electron chi connectivity index (χ3n) is 1.97. The number of rotatable bonds is 1. The van der Waals surface area contributed by atoms with Gasteiger partial charge in [-0.15, -0.1) is 0 Å². The van der Waals surface area contributed by atoms with Crippen molar-refractivity contribution < 1.29 is 4.39 Å². The first kappa shape index (κ1) is 7.81. The van der Waals surface area contributed by atoms with Gasteiger partial charge in [0, 0.05) is 17.1 Å². The smallest absolute Gasteiger partial charge is 0.123 e. The predicted molar refractivity (Wildman–Crippen MR) is 47.5 cm³/mol. The zero-order chi connectivity index (χ0) is 9.26. The van der Waals surface area contributed by atoms with Crippen molar-refractivity contribution in [2.75, 3.05) is 0 Å². The Morgan fingerprint density at radius 3 is 3.00 bits per heavy atom. The molecule has 0 N–H and O–H groups in total. The molecule has 2 rings (SSSR count). The molecule has 0 spiro atoms. The number of fused-ring (bicyclic) bond motifs is 1. The topological polar surface area (TPSA) is 28.7 Å². The molecule has 0 saturated heterocycles. The molecular formula is C10H7FN2. The summed E-state index contributed by atoms with van der Waals surface area (Å²) < 4.78 is 14.5. The van der Waals surface area contributed by atoms with Crippen LogP contribution in [0.3, 0.4) is 0 Å². The van der Waals surface area contributed by atoms with Gasteiger partial charge in [-0.3, -0.25) is 0 Å². The fourth-order valence-corrected chi connectivity index (χ4v) is 1.39. The van der Waals surface area contributed by atoms with Gasteiger partial charge in [0.25, 0.3) is 0 Å². The molecule has 2 nitrogen and oxygen atoms in total.